The summed E-state index contributed by atoms with van der Waals surface area (Å²) in [7, 11) is 1.60. The zero-order valence-electron chi connectivity index (χ0n) is 20.7. The molecular weight excluding hydrogens is 463 g/mol. The molecular formula is C31H27N2PS+2. The summed E-state index contributed by atoms with van der Waals surface area (Å²) in [6, 6.07) is 18.9. The molecule has 0 aliphatic carbocycles. The van der Waals surface area contributed by atoms with Crippen LogP contribution in [0.2, 0.25) is 0 Å². The monoisotopic (exact) mass is 490 g/mol. The highest BCUT2D eigenvalue weighted by molar-refractivity contribution is 7.59. The lowest BCUT2D eigenvalue weighted by Gasteiger charge is -2.19. The van der Waals surface area contributed by atoms with Crippen molar-refractivity contribution in [2.45, 2.75) is 39.0 Å². The minimum atomic E-state index is -0.602. The van der Waals surface area contributed by atoms with Gasteiger partial charge >= 0.3 is 0 Å². The highest BCUT2D eigenvalue weighted by atomic mass is 32.1. The smallest absolute Gasteiger partial charge is 0.201 e. The first-order valence-electron chi connectivity index (χ1n) is 12.4. The molecule has 1 aliphatic rings. The first kappa shape index (κ1) is 20.2. The minimum Gasteiger partial charge on any atom is -0.201 e. The summed E-state index contributed by atoms with van der Waals surface area (Å²) in [5.74, 6) is 0.459. The molecule has 8 rings (SSSR count). The van der Waals surface area contributed by atoms with Crippen LogP contribution in [0.25, 0.3) is 64.2 Å². The van der Waals surface area contributed by atoms with Crippen molar-refractivity contribution in [2.75, 3.05) is 0 Å². The zero-order valence-corrected chi connectivity index (χ0v) is 22.4. The summed E-state index contributed by atoms with van der Waals surface area (Å²) in [6.07, 6.45) is 6.96. The molecule has 0 saturated heterocycles. The molecule has 0 spiro atoms. The predicted molar refractivity (Wildman–Crippen MR) is 152 cm³/mol. The molecule has 0 radical (unpaired) electrons. The fourth-order valence-electron chi connectivity index (χ4n) is 6.34. The van der Waals surface area contributed by atoms with E-state index in [9.17, 15) is 0 Å². The van der Waals surface area contributed by atoms with E-state index in [1.807, 2.05) is 11.3 Å². The van der Waals surface area contributed by atoms with Crippen LogP contribution in [0.1, 0.15) is 44.6 Å². The van der Waals surface area contributed by atoms with Gasteiger partial charge in [0.15, 0.2) is 12.4 Å². The third kappa shape index (κ3) is 2.41. The Labute approximate surface area is 209 Å². The van der Waals surface area contributed by atoms with E-state index in [-0.39, 0.29) is 5.41 Å². The van der Waals surface area contributed by atoms with E-state index in [0.717, 1.165) is 0 Å². The summed E-state index contributed by atoms with van der Waals surface area (Å²) in [5.41, 5.74) is 7.20. The Morgan fingerprint density at radius 3 is 2.49 bits per heavy atom. The average Bonchev–Trinajstić information content (AvgIpc) is 3.49. The van der Waals surface area contributed by atoms with Crippen LogP contribution in [0.15, 0.2) is 60.8 Å². The molecule has 7 aromatic rings. The molecule has 0 amide bonds. The van der Waals surface area contributed by atoms with Crippen LogP contribution in [-0.4, -0.2) is 0 Å². The van der Waals surface area contributed by atoms with Crippen LogP contribution in [0.3, 0.4) is 0 Å². The Kier molecular flexibility index (Phi) is 3.70. The second-order valence-electron chi connectivity index (χ2n) is 11.3. The van der Waals surface area contributed by atoms with Crippen molar-refractivity contribution in [1.82, 2.24) is 0 Å². The van der Waals surface area contributed by atoms with E-state index < -0.39 is 7.34 Å². The summed E-state index contributed by atoms with van der Waals surface area (Å²) >= 11 is 1.96. The largest absolute Gasteiger partial charge is 0.223 e. The lowest BCUT2D eigenvalue weighted by molar-refractivity contribution is -0.660. The lowest BCUT2D eigenvalue weighted by atomic mass is 9.86. The van der Waals surface area contributed by atoms with Crippen LogP contribution in [0, 0.1) is 0 Å². The van der Waals surface area contributed by atoms with Crippen molar-refractivity contribution in [3.05, 3.63) is 71.8 Å². The Balaban J connectivity index is 1.68. The fourth-order valence-corrected chi connectivity index (χ4v) is 10.9. The summed E-state index contributed by atoms with van der Waals surface area (Å²) in [4.78, 5) is 0. The minimum absolute atomic E-state index is 0.109. The summed E-state index contributed by atoms with van der Waals surface area (Å²) < 4.78 is 7.70. The molecule has 0 N–H and O–H groups in total. The highest BCUT2D eigenvalue weighted by Crippen LogP contribution is 2.59. The van der Waals surface area contributed by atoms with Crippen molar-refractivity contribution < 1.29 is 9.13 Å². The molecule has 2 unspecified atom stereocenters. The quantitative estimate of drug-likeness (QED) is 0.124. The molecule has 5 heterocycles. The fraction of sp³-hybridized carbons (Fsp3) is 0.226. The Morgan fingerprint density at radius 1 is 0.886 bits per heavy atom. The molecule has 4 heteroatoms. The van der Waals surface area contributed by atoms with Crippen LogP contribution in [-0.2, 0) is 12.5 Å². The van der Waals surface area contributed by atoms with Gasteiger partial charge in [-0.2, -0.15) is 4.57 Å². The molecule has 0 saturated carbocycles. The molecule has 1 aliphatic heterocycles. The van der Waals surface area contributed by atoms with Crippen molar-refractivity contribution >= 4 is 71.6 Å². The average molecular weight is 491 g/mol. The number of rotatable bonds is 1. The number of pyridine rings is 1. The Bertz CT molecular complexity index is 2010. The van der Waals surface area contributed by atoms with Gasteiger partial charge in [-0.25, -0.2) is 4.57 Å². The maximum Gasteiger partial charge on any atom is 0.223 e. The maximum absolute atomic E-state index is 2.52. The second kappa shape index (κ2) is 6.40. The second-order valence-corrected chi connectivity index (χ2v) is 14.4. The third-order valence-corrected chi connectivity index (χ3v) is 12.1. The molecule has 0 bridgehead atoms. The number of aryl methyl sites for hydroxylation is 1. The van der Waals surface area contributed by atoms with Gasteiger partial charge in [-0.1, -0.05) is 32.9 Å². The third-order valence-electron chi connectivity index (χ3n) is 8.11. The van der Waals surface area contributed by atoms with Gasteiger partial charge in [0.25, 0.3) is 0 Å². The number of fused-ring (bicyclic) bond motifs is 4. The molecule has 0 fully saturated rings. The predicted octanol–water partition coefficient (Wildman–Crippen LogP) is 8.34. The number of nitrogens with zero attached hydrogens (tertiary/aromatic N) is 2. The zero-order chi connectivity index (χ0) is 23.8. The number of benzene rings is 3. The van der Waals surface area contributed by atoms with E-state index in [1.165, 1.54) is 53.3 Å². The SMILES string of the molecule is CC1C=C[n+]2c1p1c3c(-c4cc(C(C)(C)C)cc[n+]4C)ccc4ccc5sc6ccc2c1c6c5c43. The van der Waals surface area contributed by atoms with Crippen molar-refractivity contribution in [3.63, 3.8) is 0 Å². The molecule has 35 heavy (non-hydrogen) atoms. The number of hydrogen-bond acceptors (Lipinski definition) is 1. The standard InChI is InChI=1S/C31H27N2PS/c1-17-12-15-33-21-9-11-24-27-26-23(35-24)10-7-18-6-8-20(28(25(18)26)34(29(21)27)30(17)33)22-16-19(31(2,3)4)13-14-32(22)5/h6-17H,1-5H3/q+2. The van der Waals surface area contributed by atoms with Gasteiger partial charge in [-0.3, -0.25) is 0 Å². The van der Waals surface area contributed by atoms with Gasteiger partial charge in [-0.15, -0.1) is 11.3 Å². The molecule has 2 atom stereocenters. The number of thiophene rings is 1. The Morgan fingerprint density at radius 2 is 1.66 bits per heavy atom. The van der Waals surface area contributed by atoms with E-state index in [4.69, 9.17) is 0 Å². The van der Waals surface area contributed by atoms with Gasteiger partial charge in [0.2, 0.25) is 16.6 Å². The van der Waals surface area contributed by atoms with Crippen LogP contribution < -0.4 is 9.13 Å². The molecule has 2 nitrogen and oxygen atoms in total. The first-order valence-corrected chi connectivity index (χ1v) is 14.6. The van der Waals surface area contributed by atoms with Gasteiger partial charge in [0.1, 0.15) is 7.05 Å². The number of allylic oxidation sites excluding steroid dienone is 1. The summed E-state index contributed by atoms with van der Waals surface area (Å²) in [5, 5.41) is 9.05. The van der Waals surface area contributed by atoms with Crippen LogP contribution >= 0.6 is 18.7 Å². The molecule has 3 aromatic carbocycles. The highest BCUT2D eigenvalue weighted by Gasteiger charge is 2.36. The van der Waals surface area contributed by atoms with Gasteiger partial charge in [0.05, 0.1) is 16.6 Å². The normalized spacial score (nSPS) is 16.8. The topological polar surface area (TPSA) is 7.76 Å². The first-order chi connectivity index (χ1) is 16.8. The molecule has 4 aromatic heterocycles. The Hall–Kier alpha value is -3.00. The summed E-state index contributed by atoms with van der Waals surface area (Å²) in [6.45, 7) is 9.31. The van der Waals surface area contributed by atoms with E-state index in [1.54, 1.807) is 15.7 Å². The van der Waals surface area contributed by atoms with Crippen molar-refractivity contribution in [1.29, 1.82) is 0 Å². The number of aromatic nitrogens is 2. The lowest BCUT2D eigenvalue weighted by Crippen LogP contribution is -2.31. The van der Waals surface area contributed by atoms with E-state index >= 15 is 0 Å². The molecule has 170 valence electrons. The van der Waals surface area contributed by atoms with Crippen LogP contribution in [0.4, 0.5) is 0 Å². The number of hydrogen-bond donors (Lipinski definition) is 0. The van der Waals surface area contributed by atoms with E-state index in [0.29, 0.717) is 5.92 Å². The van der Waals surface area contributed by atoms with E-state index in [2.05, 4.69) is 111 Å². The van der Waals surface area contributed by atoms with Crippen molar-refractivity contribution in [3.8, 4) is 11.3 Å². The van der Waals surface area contributed by atoms with Gasteiger partial charge in [0, 0.05) is 48.9 Å². The van der Waals surface area contributed by atoms with Crippen LogP contribution in [0.5, 0.6) is 0 Å². The van der Waals surface area contributed by atoms with Gasteiger partial charge < -0.3 is 0 Å². The van der Waals surface area contributed by atoms with Crippen molar-refractivity contribution in [2.24, 2.45) is 7.05 Å². The maximum atomic E-state index is 2.52. The van der Waals surface area contributed by atoms with Gasteiger partial charge in [-0.05, 0) is 54.9 Å².